The number of hydrogen-bond donors (Lipinski definition) is 2. The monoisotopic (exact) mass is 215 g/mol. The van der Waals surface area contributed by atoms with Crippen molar-refractivity contribution in [2.45, 2.75) is 57.7 Å². The summed E-state index contributed by atoms with van der Waals surface area (Å²) in [5, 5.41) is 9.79. The molecule has 1 aliphatic rings. The molecule has 0 saturated heterocycles. The third kappa shape index (κ3) is 4.08. The minimum atomic E-state index is -0.745. The van der Waals surface area contributed by atoms with Gasteiger partial charge in [-0.05, 0) is 39.0 Å². The van der Waals surface area contributed by atoms with Gasteiger partial charge in [-0.15, -0.1) is 0 Å². The van der Waals surface area contributed by atoms with Gasteiger partial charge < -0.3 is 15.6 Å². The maximum atomic E-state index is 10.7. The van der Waals surface area contributed by atoms with Crippen LogP contribution in [0.5, 0.6) is 0 Å². The third-order valence-corrected chi connectivity index (χ3v) is 3.00. The molecule has 1 saturated carbocycles. The van der Waals surface area contributed by atoms with Gasteiger partial charge in [0.25, 0.3) is 0 Å². The SMILES string of the molecule is CC(C)(C[C@@H]1CCCC[C@H]1O)OC(N)=O. The number of hydrogen-bond acceptors (Lipinski definition) is 3. The molecule has 0 bridgehead atoms. The highest BCUT2D eigenvalue weighted by Crippen LogP contribution is 2.32. The number of carbonyl (C=O) groups excluding carboxylic acids is 1. The van der Waals surface area contributed by atoms with Gasteiger partial charge in [-0.2, -0.15) is 0 Å². The van der Waals surface area contributed by atoms with Crippen molar-refractivity contribution in [1.29, 1.82) is 0 Å². The summed E-state index contributed by atoms with van der Waals surface area (Å²) in [7, 11) is 0. The summed E-state index contributed by atoms with van der Waals surface area (Å²) in [5.41, 5.74) is 4.42. The van der Waals surface area contributed by atoms with Crippen molar-refractivity contribution >= 4 is 6.09 Å². The summed E-state index contributed by atoms with van der Waals surface area (Å²) in [6.45, 7) is 3.66. The molecule has 1 amide bonds. The molecule has 0 aliphatic heterocycles. The lowest BCUT2D eigenvalue weighted by Gasteiger charge is -2.34. The highest BCUT2D eigenvalue weighted by atomic mass is 16.6. The summed E-state index contributed by atoms with van der Waals surface area (Å²) in [6, 6.07) is 0. The van der Waals surface area contributed by atoms with E-state index in [0.717, 1.165) is 25.7 Å². The summed E-state index contributed by atoms with van der Waals surface area (Å²) in [4.78, 5) is 10.7. The molecule has 0 aromatic rings. The zero-order valence-corrected chi connectivity index (χ0v) is 9.53. The maximum absolute atomic E-state index is 10.7. The second-order valence-corrected chi connectivity index (χ2v) is 5.00. The molecule has 2 atom stereocenters. The van der Waals surface area contributed by atoms with E-state index in [0.29, 0.717) is 6.42 Å². The van der Waals surface area contributed by atoms with E-state index in [1.54, 1.807) is 0 Å². The number of aliphatic hydroxyl groups is 1. The van der Waals surface area contributed by atoms with Crippen LogP contribution < -0.4 is 5.73 Å². The minimum absolute atomic E-state index is 0.230. The topological polar surface area (TPSA) is 72.6 Å². The Balaban J connectivity index is 2.47. The van der Waals surface area contributed by atoms with E-state index in [2.05, 4.69) is 0 Å². The number of nitrogens with two attached hydrogens (primary N) is 1. The Labute approximate surface area is 90.8 Å². The first kappa shape index (κ1) is 12.3. The van der Waals surface area contributed by atoms with Crippen LogP contribution in [0.4, 0.5) is 4.79 Å². The molecule has 4 heteroatoms. The highest BCUT2D eigenvalue weighted by Gasteiger charge is 2.31. The summed E-state index contributed by atoms with van der Waals surface area (Å²) < 4.78 is 5.02. The van der Waals surface area contributed by atoms with E-state index < -0.39 is 11.7 Å². The van der Waals surface area contributed by atoms with E-state index in [-0.39, 0.29) is 12.0 Å². The van der Waals surface area contributed by atoms with Crippen LogP contribution in [0.1, 0.15) is 46.0 Å². The van der Waals surface area contributed by atoms with Crippen LogP contribution in [0.25, 0.3) is 0 Å². The maximum Gasteiger partial charge on any atom is 0.405 e. The normalized spacial score (nSPS) is 27.4. The Bertz CT molecular complexity index is 228. The molecule has 4 nitrogen and oxygen atoms in total. The standard InChI is InChI=1S/C11H21NO3/c1-11(2,15-10(12)14)7-8-5-3-4-6-9(8)13/h8-9,13H,3-7H2,1-2H3,(H2,12,14)/t8-,9+/m0/s1. The summed E-state index contributed by atoms with van der Waals surface area (Å²) >= 11 is 0. The van der Waals surface area contributed by atoms with Gasteiger partial charge in [0.05, 0.1) is 6.10 Å². The van der Waals surface area contributed by atoms with Crippen molar-refractivity contribution in [3.05, 3.63) is 0 Å². The Kier molecular flexibility index (Phi) is 3.97. The number of ether oxygens (including phenoxy) is 1. The predicted octanol–water partition coefficient (Wildman–Crippen LogP) is 1.80. The molecule has 1 aliphatic carbocycles. The zero-order valence-electron chi connectivity index (χ0n) is 9.53. The van der Waals surface area contributed by atoms with Crippen molar-refractivity contribution in [3.8, 4) is 0 Å². The van der Waals surface area contributed by atoms with Crippen LogP contribution in [-0.4, -0.2) is 22.9 Å². The quantitative estimate of drug-likeness (QED) is 0.754. The lowest BCUT2D eigenvalue weighted by molar-refractivity contribution is -0.0125. The van der Waals surface area contributed by atoms with Crippen molar-refractivity contribution in [2.75, 3.05) is 0 Å². The number of carbonyl (C=O) groups is 1. The van der Waals surface area contributed by atoms with Crippen LogP contribution in [0.15, 0.2) is 0 Å². The van der Waals surface area contributed by atoms with Crippen molar-refractivity contribution in [1.82, 2.24) is 0 Å². The van der Waals surface area contributed by atoms with Crippen molar-refractivity contribution in [2.24, 2.45) is 11.7 Å². The Hall–Kier alpha value is -0.770. The number of rotatable bonds is 3. The van der Waals surface area contributed by atoms with Gasteiger partial charge in [0, 0.05) is 0 Å². The van der Waals surface area contributed by atoms with E-state index in [1.807, 2.05) is 13.8 Å². The van der Waals surface area contributed by atoms with Gasteiger partial charge in [0.15, 0.2) is 0 Å². The Morgan fingerprint density at radius 2 is 2.07 bits per heavy atom. The molecule has 0 aromatic carbocycles. The lowest BCUT2D eigenvalue weighted by Crippen LogP contribution is -2.37. The Morgan fingerprint density at radius 3 is 2.60 bits per heavy atom. The predicted molar refractivity (Wildman–Crippen MR) is 57.3 cm³/mol. The molecular formula is C11H21NO3. The van der Waals surface area contributed by atoms with Gasteiger partial charge in [0.1, 0.15) is 5.60 Å². The summed E-state index contributed by atoms with van der Waals surface area (Å²) in [5.74, 6) is 0.230. The first-order chi connectivity index (χ1) is 6.91. The average Bonchev–Trinajstić information content (AvgIpc) is 2.06. The van der Waals surface area contributed by atoms with Crippen LogP contribution in [0, 0.1) is 5.92 Å². The van der Waals surface area contributed by atoms with Gasteiger partial charge in [-0.3, -0.25) is 0 Å². The molecule has 0 aromatic heterocycles. The number of amides is 1. The second-order valence-electron chi connectivity index (χ2n) is 5.00. The average molecular weight is 215 g/mol. The van der Waals surface area contributed by atoms with Gasteiger partial charge in [0.2, 0.25) is 0 Å². The molecule has 1 rings (SSSR count). The molecule has 1 fully saturated rings. The fourth-order valence-electron chi connectivity index (χ4n) is 2.37. The molecule has 0 unspecified atom stereocenters. The summed E-state index contributed by atoms with van der Waals surface area (Å²) in [6.07, 6.45) is 3.78. The van der Waals surface area contributed by atoms with Gasteiger partial charge in [-0.25, -0.2) is 4.79 Å². The first-order valence-electron chi connectivity index (χ1n) is 5.57. The molecule has 0 spiro atoms. The van der Waals surface area contributed by atoms with Crippen molar-refractivity contribution < 1.29 is 14.6 Å². The largest absolute Gasteiger partial charge is 0.444 e. The fraction of sp³-hybridized carbons (Fsp3) is 0.909. The molecule has 88 valence electrons. The smallest absolute Gasteiger partial charge is 0.405 e. The van der Waals surface area contributed by atoms with Crippen molar-refractivity contribution in [3.63, 3.8) is 0 Å². The first-order valence-corrected chi connectivity index (χ1v) is 5.57. The van der Waals surface area contributed by atoms with E-state index in [1.165, 1.54) is 0 Å². The molecule has 0 heterocycles. The van der Waals surface area contributed by atoms with Crippen LogP contribution in [0.2, 0.25) is 0 Å². The molecular weight excluding hydrogens is 194 g/mol. The van der Waals surface area contributed by atoms with E-state index in [4.69, 9.17) is 10.5 Å². The molecule has 15 heavy (non-hydrogen) atoms. The highest BCUT2D eigenvalue weighted by molar-refractivity contribution is 5.65. The lowest BCUT2D eigenvalue weighted by atomic mass is 9.80. The minimum Gasteiger partial charge on any atom is -0.444 e. The van der Waals surface area contributed by atoms with Crippen LogP contribution in [-0.2, 0) is 4.74 Å². The number of primary amides is 1. The molecule has 3 N–H and O–H groups in total. The Morgan fingerprint density at radius 1 is 1.47 bits per heavy atom. The second kappa shape index (κ2) is 4.84. The van der Waals surface area contributed by atoms with Gasteiger partial charge in [-0.1, -0.05) is 12.8 Å². The van der Waals surface area contributed by atoms with Crippen LogP contribution >= 0.6 is 0 Å². The van der Waals surface area contributed by atoms with E-state index >= 15 is 0 Å². The molecule has 0 radical (unpaired) electrons. The van der Waals surface area contributed by atoms with Crippen LogP contribution in [0.3, 0.4) is 0 Å². The fourth-order valence-corrected chi connectivity index (χ4v) is 2.37. The third-order valence-electron chi connectivity index (χ3n) is 3.00. The number of aliphatic hydroxyl groups excluding tert-OH is 1. The zero-order chi connectivity index (χ0) is 11.5. The van der Waals surface area contributed by atoms with Gasteiger partial charge >= 0.3 is 6.09 Å². The van der Waals surface area contributed by atoms with E-state index in [9.17, 15) is 9.90 Å².